The van der Waals surface area contributed by atoms with E-state index >= 15 is 0 Å². The van der Waals surface area contributed by atoms with Crippen LogP contribution < -0.4 is 19.9 Å². The van der Waals surface area contributed by atoms with Gasteiger partial charge in [-0.2, -0.15) is 0 Å². The second-order valence-electron chi connectivity index (χ2n) is 4.36. The fourth-order valence-electron chi connectivity index (χ4n) is 1.60. The van der Waals surface area contributed by atoms with Crippen LogP contribution in [0, 0.1) is 6.92 Å². The lowest BCUT2D eigenvalue weighted by molar-refractivity contribution is 0.0170. The zero-order valence-corrected chi connectivity index (χ0v) is 12.8. The van der Waals surface area contributed by atoms with E-state index in [0.29, 0.717) is 11.3 Å². The fourth-order valence-corrected chi connectivity index (χ4v) is 2.90. The second kappa shape index (κ2) is 6.54. The van der Waals surface area contributed by atoms with Crippen LogP contribution in [-0.2, 0) is 10.0 Å². The Morgan fingerprint density at radius 2 is 1.76 bits per heavy atom. The zero-order valence-electron chi connectivity index (χ0n) is 11.9. The van der Waals surface area contributed by atoms with Crippen LogP contribution in [0.5, 0.6) is 11.5 Å². The second-order valence-corrected chi connectivity index (χ2v) is 6.09. The Hall–Kier alpha value is -1.45. The molecule has 120 valence electrons. The Bertz CT molecular complexity index is 606. The fraction of sp³-hybridized carbons (Fsp3) is 0.500. The van der Waals surface area contributed by atoms with Crippen molar-refractivity contribution in [3.8, 4) is 11.5 Å². The maximum Gasteiger partial charge on any atom is 0.273 e. The summed E-state index contributed by atoms with van der Waals surface area (Å²) in [5.41, 5.74) is 5.21. The number of alkyl halides is 2. The molecule has 0 unspecified atom stereocenters. The van der Waals surface area contributed by atoms with Gasteiger partial charge < -0.3 is 15.2 Å². The first-order valence-electron chi connectivity index (χ1n) is 5.97. The molecule has 0 bridgehead atoms. The monoisotopic (exact) mass is 324 g/mol. The number of rotatable bonds is 7. The summed E-state index contributed by atoms with van der Waals surface area (Å²) in [5, 5.41) is 0. The van der Waals surface area contributed by atoms with E-state index < -0.39 is 29.0 Å². The van der Waals surface area contributed by atoms with E-state index in [-0.39, 0.29) is 10.6 Å². The first-order chi connectivity index (χ1) is 9.66. The topological polar surface area (TPSA) is 90.7 Å². The maximum absolute atomic E-state index is 13.1. The predicted octanol–water partition coefficient (Wildman–Crippen LogP) is 0.885. The number of ether oxygens (including phenoxy) is 2. The van der Waals surface area contributed by atoms with Gasteiger partial charge in [-0.05, 0) is 18.6 Å². The van der Waals surface area contributed by atoms with E-state index in [1.54, 1.807) is 0 Å². The quantitative estimate of drug-likeness (QED) is 0.777. The van der Waals surface area contributed by atoms with Crippen LogP contribution in [0.15, 0.2) is 17.0 Å². The van der Waals surface area contributed by atoms with Gasteiger partial charge >= 0.3 is 0 Å². The molecule has 3 N–H and O–H groups in total. The minimum absolute atomic E-state index is 0.159. The Labute approximate surface area is 122 Å². The molecule has 0 atom stereocenters. The third kappa shape index (κ3) is 4.26. The number of nitrogens with two attached hydrogens (primary N) is 1. The number of nitrogens with one attached hydrogen (secondary N) is 1. The third-order valence-corrected chi connectivity index (χ3v) is 4.33. The van der Waals surface area contributed by atoms with Crippen molar-refractivity contribution in [2.75, 3.05) is 27.3 Å². The average Bonchev–Trinajstić information content (AvgIpc) is 2.44. The van der Waals surface area contributed by atoms with Gasteiger partial charge in [-0.15, -0.1) is 0 Å². The van der Waals surface area contributed by atoms with Gasteiger partial charge in [-0.25, -0.2) is 21.9 Å². The molecule has 0 spiro atoms. The van der Waals surface area contributed by atoms with Gasteiger partial charge in [0, 0.05) is 6.07 Å². The van der Waals surface area contributed by atoms with Crippen LogP contribution >= 0.6 is 0 Å². The minimum Gasteiger partial charge on any atom is -0.493 e. The summed E-state index contributed by atoms with van der Waals surface area (Å²) in [7, 11) is -1.36. The molecule has 0 fully saturated rings. The smallest absolute Gasteiger partial charge is 0.273 e. The van der Waals surface area contributed by atoms with Gasteiger partial charge in [-0.1, -0.05) is 0 Å². The van der Waals surface area contributed by atoms with E-state index in [1.165, 1.54) is 33.3 Å². The largest absolute Gasteiger partial charge is 0.493 e. The van der Waals surface area contributed by atoms with Crippen molar-refractivity contribution in [3.05, 3.63) is 17.7 Å². The lowest BCUT2D eigenvalue weighted by Crippen LogP contribution is -2.41. The minimum atomic E-state index is -4.11. The van der Waals surface area contributed by atoms with Crippen LogP contribution in [-0.4, -0.2) is 41.6 Å². The van der Waals surface area contributed by atoms with Crippen LogP contribution in [0.3, 0.4) is 0 Å². The first-order valence-corrected chi connectivity index (χ1v) is 7.45. The molecule has 0 aliphatic rings. The number of hydrogen-bond acceptors (Lipinski definition) is 5. The van der Waals surface area contributed by atoms with E-state index in [9.17, 15) is 17.2 Å². The molecular weight excluding hydrogens is 306 g/mol. The number of methoxy groups -OCH3 is 2. The van der Waals surface area contributed by atoms with Crippen molar-refractivity contribution in [1.82, 2.24) is 4.72 Å². The van der Waals surface area contributed by atoms with Crippen molar-refractivity contribution in [3.63, 3.8) is 0 Å². The highest BCUT2D eigenvalue weighted by Crippen LogP contribution is 2.32. The predicted molar refractivity (Wildman–Crippen MR) is 73.5 cm³/mol. The molecule has 0 aliphatic heterocycles. The highest BCUT2D eigenvalue weighted by atomic mass is 32.2. The highest BCUT2D eigenvalue weighted by Gasteiger charge is 2.30. The first kappa shape index (κ1) is 17.6. The molecule has 1 aromatic carbocycles. The van der Waals surface area contributed by atoms with Crippen molar-refractivity contribution in [2.24, 2.45) is 5.73 Å². The standard InChI is InChI=1S/C12H18F2N2O4S/c1-8-4-9(19-2)10(20-3)5-11(8)21(17,18)16-7-12(13,14)6-15/h4-5,16H,6-7,15H2,1-3H3. The molecule has 21 heavy (non-hydrogen) atoms. The summed E-state index contributed by atoms with van der Waals surface area (Å²) in [4.78, 5) is -0.159. The summed E-state index contributed by atoms with van der Waals surface area (Å²) in [6.07, 6.45) is 0. The molecule has 0 aromatic heterocycles. The molecule has 6 nitrogen and oxygen atoms in total. The normalized spacial score (nSPS) is 12.3. The third-order valence-electron chi connectivity index (χ3n) is 2.79. The molecular formula is C12H18F2N2O4S. The van der Waals surface area contributed by atoms with Gasteiger partial charge in [0.1, 0.15) is 0 Å². The number of hydrogen-bond donors (Lipinski definition) is 2. The molecule has 0 radical (unpaired) electrons. The van der Waals surface area contributed by atoms with Crippen LogP contribution in [0.1, 0.15) is 5.56 Å². The number of aryl methyl sites for hydroxylation is 1. The Morgan fingerprint density at radius 1 is 1.24 bits per heavy atom. The van der Waals surface area contributed by atoms with Crippen molar-refractivity contribution in [1.29, 1.82) is 0 Å². The van der Waals surface area contributed by atoms with Gasteiger partial charge in [0.15, 0.2) is 11.5 Å². The van der Waals surface area contributed by atoms with Crippen LogP contribution in [0.4, 0.5) is 8.78 Å². The van der Waals surface area contributed by atoms with Crippen molar-refractivity contribution < 1.29 is 26.7 Å². The number of halogens is 2. The summed E-state index contributed by atoms with van der Waals surface area (Å²) < 4.78 is 62.2. The summed E-state index contributed by atoms with van der Waals surface area (Å²) >= 11 is 0. The molecule has 0 saturated heterocycles. The molecule has 0 saturated carbocycles. The molecule has 1 aromatic rings. The summed E-state index contributed by atoms with van der Waals surface area (Å²) in [6.45, 7) is -0.488. The van der Waals surface area contributed by atoms with Crippen molar-refractivity contribution in [2.45, 2.75) is 17.7 Å². The lowest BCUT2D eigenvalue weighted by atomic mass is 10.2. The van der Waals surface area contributed by atoms with E-state index in [2.05, 4.69) is 0 Å². The summed E-state index contributed by atoms with van der Waals surface area (Å²) in [6, 6.07) is 2.67. The Morgan fingerprint density at radius 3 is 2.24 bits per heavy atom. The highest BCUT2D eigenvalue weighted by molar-refractivity contribution is 7.89. The van der Waals surface area contributed by atoms with Crippen LogP contribution in [0.25, 0.3) is 0 Å². The van der Waals surface area contributed by atoms with E-state index in [1.807, 2.05) is 4.72 Å². The van der Waals surface area contributed by atoms with Crippen molar-refractivity contribution >= 4 is 10.0 Å². The Kier molecular flexibility index (Phi) is 5.48. The van der Waals surface area contributed by atoms with Gasteiger partial charge in [0.05, 0.1) is 32.2 Å². The molecule has 9 heteroatoms. The molecule has 0 amide bonds. The molecule has 0 heterocycles. The zero-order chi connectivity index (χ0) is 16.3. The number of benzene rings is 1. The van der Waals surface area contributed by atoms with Gasteiger partial charge in [-0.3, -0.25) is 0 Å². The molecule has 0 aliphatic carbocycles. The SMILES string of the molecule is COc1cc(C)c(S(=O)(=O)NCC(F)(F)CN)cc1OC. The van der Waals surface area contributed by atoms with E-state index in [0.717, 1.165) is 0 Å². The van der Waals surface area contributed by atoms with Gasteiger partial charge in [0.25, 0.3) is 5.92 Å². The maximum atomic E-state index is 13.1. The van der Waals surface area contributed by atoms with E-state index in [4.69, 9.17) is 15.2 Å². The van der Waals surface area contributed by atoms with Crippen LogP contribution in [0.2, 0.25) is 0 Å². The number of sulfonamides is 1. The van der Waals surface area contributed by atoms with Gasteiger partial charge in [0.2, 0.25) is 10.0 Å². The lowest BCUT2D eigenvalue weighted by Gasteiger charge is -2.17. The summed E-state index contributed by atoms with van der Waals surface area (Å²) in [5.74, 6) is -2.77. The average molecular weight is 324 g/mol. The molecule has 1 rings (SSSR count). The Balaban J connectivity index is 3.14.